The summed E-state index contributed by atoms with van der Waals surface area (Å²) in [6, 6.07) is 14.5. The van der Waals surface area contributed by atoms with Crippen molar-refractivity contribution >= 4 is 44.7 Å². The highest BCUT2D eigenvalue weighted by Gasteiger charge is 2.08. The first-order valence-electron chi connectivity index (χ1n) is 6.53. The molecule has 0 fully saturated rings. The molecule has 3 nitrogen and oxygen atoms in total. The summed E-state index contributed by atoms with van der Waals surface area (Å²) in [5.74, 6) is 0.819. The zero-order valence-electron chi connectivity index (χ0n) is 11.3. The number of ether oxygens (including phenoxy) is 1. The van der Waals surface area contributed by atoms with Crippen molar-refractivity contribution in [2.45, 2.75) is 0 Å². The summed E-state index contributed by atoms with van der Waals surface area (Å²) in [6.45, 7) is 0. The highest BCUT2D eigenvalue weighted by Crippen LogP contribution is 2.27. The van der Waals surface area contributed by atoms with E-state index in [9.17, 15) is 0 Å². The van der Waals surface area contributed by atoms with Gasteiger partial charge >= 0.3 is 0 Å². The molecule has 5 heteroatoms. The molecule has 2 aromatic carbocycles. The highest BCUT2D eigenvalue weighted by atomic mass is 32.1. The van der Waals surface area contributed by atoms with Gasteiger partial charge in [-0.1, -0.05) is 0 Å². The van der Waals surface area contributed by atoms with Crippen LogP contribution in [0.3, 0.4) is 0 Å². The molecule has 0 unspecified atom stereocenters. The van der Waals surface area contributed by atoms with Crippen molar-refractivity contribution in [2.24, 2.45) is 0 Å². The van der Waals surface area contributed by atoms with Crippen molar-refractivity contribution < 1.29 is 4.74 Å². The Morgan fingerprint density at radius 1 is 1.14 bits per heavy atom. The van der Waals surface area contributed by atoms with Gasteiger partial charge in [0.15, 0.2) is 4.77 Å². The maximum Gasteiger partial charge on any atom is 0.182 e. The highest BCUT2D eigenvalue weighted by molar-refractivity contribution is 7.71. The van der Waals surface area contributed by atoms with Crippen LogP contribution in [-0.2, 0) is 0 Å². The molecule has 2 heterocycles. The fourth-order valence-corrected chi connectivity index (χ4v) is 3.65. The van der Waals surface area contributed by atoms with E-state index in [1.165, 1.54) is 10.1 Å². The van der Waals surface area contributed by atoms with Gasteiger partial charge in [-0.3, -0.25) is 4.57 Å². The summed E-state index contributed by atoms with van der Waals surface area (Å²) < 4.78 is 9.29. The molecule has 0 saturated carbocycles. The second-order valence-electron chi connectivity index (χ2n) is 4.79. The molecule has 0 aliphatic rings. The summed E-state index contributed by atoms with van der Waals surface area (Å²) in [6.07, 6.45) is 0. The normalized spacial score (nSPS) is 11.3. The van der Waals surface area contributed by atoms with Crippen LogP contribution >= 0.6 is 23.6 Å². The molecule has 0 spiro atoms. The Labute approximate surface area is 130 Å². The van der Waals surface area contributed by atoms with E-state index in [0.717, 1.165) is 22.5 Å². The first-order chi connectivity index (χ1) is 10.3. The van der Waals surface area contributed by atoms with Crippen LogP contribution in [0.4, 0.5) is 0 Å². The van der Waals surface area contributed by atoms with Gasteiger partial charge in [0.05, 0.1) is 18.1 Å². The maximum absolute atomic E-state index is 5.49. The molecule has 0 aliphatic carbocycles. The summed E-state index contributed by atoms with van der Waals surface area (Å²) in [4.78, 5) is 3.24. The molecule has 2 aromatic heterocycles. The minimum Gasteiger partial charge on any atom is -0.497 e. The van der Waals surface area contributed by atoms with E-state index in [0.29, 0.717) is 4.77 Å². The number of nitrogens with zero attached hydrogens (tertiary/aromatic N) is 1. The molecule has 0 radical (unpaired) electrons. The van der Waals surface area contributed by atoms with Crippen molar-refractivity contribution in [1.29, 1.82) is 0 Å². The Morgan fingerprint density at radius 3 is 2.90 bits per heavy atom. The fourth-order valence-electron chi connectivity index (χ4n) is 2.57. The number of fused-ring (bicyclic) bond motifs is 2. The molecule has 0 saturated heterocycles. The van der Waals surface area contributed by atoms with Gasteiger partial charge in [0, 0.05) is 16.5 Å². The van der Waals surface area contributed by atoms with Gasteiger partial charge in [-0.05, 0) is 59.4 Å². The summed E-state index contributed by atoms with van der Waals surface area (Å²) in [5.41, 5.74) is 3.10. The molecule has 4 aromatic rings. The lowest BCUT2D eigenvalue weighted by Gasteiger charge is -2.05. The van der Waals surface area contributed by atoms with Crippen LogP contribution < -0.4 is 4.74 Å². The number of H-pyrrole nitrogens is 1. The van der Waals surface area contributed by atoms with E-state index >= 15 is 0 Å². The third-order valence-electron chi connectivity index (χ3n) is 3.58. The molecule has 0 aliphatic heterocycles. The zero-order chi connectivity index (χ0) is 14.4. The largest absolute Gasteiger partial charge is 0.497 e. The van der Waals surface area contributed by atoms with Gasteiger partial charge in [0.25, 0.3) is 0 Å². The Kier molecular flexibility index (Phi) is 2.83. The van der Waals surface area contributed by atoms with Crippen LogP contribution in [0, 0.1) is 4.77 Å². The van der Waals surface area contributed by atoms with E-state index in [-0.39, 0.29) is 0 Å². The minimum atomic E-state index is 0.688. The Bertz CT molecular complexity index is 1010. The van der Waals surface area contributed by atoms with Gasteiger partial charge in [-0.25, -0.2) is 0 Å². The second kappa shape index (κ2) is 4.72. The maximum atomic E-state index is 5.49. The van der Waals surface area contributed by atoms with Gasteiger partial charge in [-0.15, -0.1) is 11.3 Å². The Morgan fingerprint density at radius 2 is 2.05 bits per heavy atom. The van der Waals surface area contributed by atoms with E-state index in [4.69, 9.17) is 17.0 Å². The van der Waals surface area contributed by atoms with Crippen molar-refractivity contribution in [3.05, 3.63) is 52.6 Å². The number of benzene rings is 2. The number of hydrogen-bond donors (Lipinski definition) is 1. The molecule has 0 atom stereocenters. The predicted octanol–water partition coefficient (Wildman–Crippen LogP) is 4.91. The standard InChI is InChI=1S/C16H12N2OS2/c1-19-12-3-4-14-13(9-12)17-16(20)18(14)11-2-5-15-10(8-11)6-7-21-15/h2-9H,1H3,(H,17,20). The molecular weight excluding hydrogens is 300 g/mol. The number of hydrogen-bond acceptors (Lipinski definition) is 3. The third kappa shape index (κ3) is 1.97. The number of nitrogens with one attached hydrogen (secondary N) is 1. The van der Waals surface area contributed by atoms with Crippen LogP contribution in [0.25, 0.3) is 26.8 Å². The molecule has 0 bridgehead atoms. The number of aromatic nitrogens is 2. The van der Waals surface area contributed by atoms with Crippen molar-refractivity contribution in [2.75, 3.05) is 7.11 Å². The SMILES string of the molecule is COc1ccc2c(c1)[nH]c(=S)n2-c1ccc2sccc2c1. The fraction of sp³-hybridized carbons (Fsp3) is 0.0625. The molecule has 21 heavy (non-hydrogen) atoms. The summed E-state index contributed by atoms with van der Waals surface area (Å²) in [5, 5.41) is 3.34. The van der Waals surface area contributed by atoms with Gasteiger partial charge in [0.1, 0.15) is 5.75 Å². The monoisotopic (exact) mass is 312 g/mol. The molecule has 104 valence electrons. The van der Waals surface area contributed by atoms with Crippen LogP contribution in [0.15, 0.2) is 47.8 Å². The van der Waals surface area contributed by atoms with E-state index in [1.807, 2.05) is 18.2 Å². The molecule has 4 rings (SSSR count). The number of thiophene rings is 1. The van der Waals surface area contributed by atoms with Crippen LogP contribution in [0.1, 0.15) is 0 Å². The lowest BCUT2D eigenvalue weighted by molar-refractivity contribution is 0.415. The average Bonchev–Trinajstić information content (AvgIpc) is 3.08. The predicted molar refractivity (Wildman–Crippen MR) is 90.4 cm³/mol. The van der Waals surface area contributed by atoms with Crippen molar-refractivity contribution in [3.63, 3.8) is 0 Å². The van der Waals surface area contributed by atoms with Crippen LogP contribution in [0.5, 0.6) is 5.75 Å². The Balaban J connectivity index is 2.00. The number of imidazole rings is 1. The summed E-state index contributed by atoms with van der Waals surface area (Å²) >= 11 is 7.23. The Hall–Kier alpha value is -2.11. The number of rotatable bonds is 2. The van der Waals surface area contributed by atoms with Crippen LogP contribution in [0.2, 0.25) is 0 Å². The second-order valence-corrected chi connectivity index (χ2v) is 6.13. The lowest BCUT2D eigenvalue weighted by atomic mass is 10.2. The third-order valence-corrected chi connectivity index (χ3v) is 4.77. The summed E-state index contributed by atoms with van der Waals surface area (Å²) in [7, 11) is 1.66. The van der Waals surface area contributed by atoms with E-state index in [2.05, 4.69) is 39.2 Å². The number of methoxy groups -OCH3 is 1. The quantitative estimate of drug-likeness (QED) is 0.533. The van der Waals surface area contributed by atoms with Gasteiger partial charge < -0.3 is 9.72 Å². The average molecular weight is 312 g/mol. The first-order valence-corrected chi connectivity index (χ1v) is 7.81. The molecule has 1 N–H and O–H groups in total. The zero-order valence-corrected chi connectivity index (χ0v) is 12.9. The topological polar surface area (TPSA) is 29.9 Å². The first kappa shape index (κ1) is 12.6. The molecular formula is C16H12N2OS2. The van der Waals surface area contributed by atoms with Gasteiger partial charge in [-0.2, -0.15) is 0 Å². The van der Waals surface area contributed by atoms with Gasteiger partial charge in [0.2, 0.25) is 0 Å². The lowest BCUT2D eigenvalue weighted by Crippen LogP contribution is -1.93. The van der Waals surface area contributed by atoms with Crippen molar-refractivity contribution in [1.82, 2.24) is 9.55 Å². The minimum absolute atomic E-state index is 0.688. The van der Waals surface area contributed by atoms with Crippen LogP contribution in [-0.4, -0.2) is 16.7 Å². The molecule has 0 amide bonds. The van der Waals surface area contributed by atoms with E-state index in [1.54, 1.807) is 18.4 Å². The van der Waals surface area contributed by atoms with E-state index < -0.39 is 0 Å². The van der Waals surface area contributed by atoms with Crippen molar-refractivity contribution in [3.8, 4) is 11.4 Å². The number of aromatic amines is 1. The smallest absolute Gasteiger partial charge is 0.182 e.